The maximum absolute atomic E-state index is 5.79. The Balaban J connectivity index is 3.23. The minimum absolute atomic E-state index is 0.423. The number of rotatable bonds is 10. The van der Waals surface area contributed by atoms with Crippen molar-refractivity contribution in [1.29, 1.82) is 0 Å². The van der Waals surface area contributed by atoms with Gasteiger partial charge < -0.3 is 9.47 Å². The zero-order valence-electron chi connectivity index (χ0n) is 16.2. The summed E-state index contributed by atoms with van der Waals surface area (Å²) in [5.41, 5.74) is 1.68. The molecule has 1 aromatic carbocycles. The second-order valence-corrected chi connectivity index (χ2v) is 5.85. The molecule has 0 aliphatic heterocycles. The summed E-state index contributed by atoms with van der Waals surface area (Å²) in [6.45, 7) is 12.6. The highest BCUT2D eigenvalue weighted by Gasteiger charge is 2.10. The van der Waals surface area contributed by atoms with Crippen LogP contribution >= 0.6 is 0 Å². The van der Waals surface area contributed by atoms with Crippen molar-refractivity contribution >= 4 is 0 Å². The van der Waals surface area contributed by atoms with Crippen LogP contribution in [0.4, 0.5) is 0 Å². The predicted octanol–water partition coefficient (Wildman–Crippen LogP) is 5.90. The summed E-state index contributed by atoms with van der Waals surface area (Å²) >= 11 is 0. The third-order valence-electron chi connectivity index (χ3n) is 3.55. The molecule has 0 unspecified atom stereocenters. The van der Waals surface area contributed by atoms with Crippen molar-refractivity contribution in [3.8, 4) is 35.2 Å². The van der Waals surface area contributed by atoms with Crippen LogP contribution in [0, 0.1) is 23.7 Å². The van der Waals surface area contributed by atoms with E-state index < -0.39 is 0 Å². The smallest absolute Gasteiger partial charge is 0.139 e. The van der Waals surface area contributed by atoms with Crippen LogP contribution in [0.25, 0.3) is 0 Å². The summed E-state index contributed by atoms with van der Waals surface area (Å²) in [5.74, 6) is 14.3. The SMILES string of the molecule is C=CCOc1cc(OCC=C)c(C#CCCCC)cc1C#CCCCC. The Labute approximate surface area is 159 Å². The monoisotopic (exact) mass is 350 g/mol. The molecule has 2 heteroatoms. The molecule has 0 heterocycles. The van der Waals surface area contributed by atoms with Crippen molar-refractivity contribution in [1.82, 2.24) is 0 Å². The highest BCUT2D eigenvalue weighted by Crippen LogP contribution is 2.29. The zero-order chi connectivity index (χ0) is 19.0. The van der Waals surface area contributed by atoms with Crippen LogP contribution in [-0.2, 0) is 0 Å². The maximum atomic E-state index is 5.79. The standard InChI is InChI=1S/C24H30O2/c1-5-9-11-13-15-21-19-22(16-14-12-10-6-2)24(26-18-8-4)20-23(21)25-17-7-3/h7-8,19-20H,3-6,9-12,17-18H2,1-2H3. The van der Waals surface area contributed by atoms with Gasteiger partial charge >= 0.3 is 0 Å². The van der Waals surface area contributed by atoms with Gasteiger partial charge in [0.15, 0.2) is 0 Å². The van der Waals surface area contributed by atoms with Crippen LogP contribution in [0.3, 0.4) is 0 Å². The number of unbranched alkanes of at least 4 members (excludes halogenated alkanes) is 4. The first-order valence-corrected chi connectivity index (χ1v) is 9.39. The van der Waals surface area contributed by atoms with Crippen molar-refractivity contribution < 1.29 is 9.47 Å². The number of hydrogen-bond acceptors (Lipinski definition) is 2. The van der Waals surface area contributed by atoms with Crippen molar-refractivity contribution in [2.24, 2.45) is 0 Å². The van der Waals surface area contributed by atoms with Crippen molar-refractivity contribution in [2.75, 3.05) is 13.2 Å². The first-order valence-electron chi connectivity index (χ1n) is 9.39. The van der Waals surface area contributed by atoms with Gasteiger partial charge in [0.2, 0.25) is 0 Å². The average molecular weight is 351 g/mol. The van der Waals surface area contributed by atoms with Crippen molar-refractivity contribution in [3.63, 3.8) is 0 Å². The normalized spacial score (nSPS) is 9.31. The first-order chi connectivity index (χ1) is 12.8. The lowest BCUT2D eigenvalue weighted by atomic mass is 10.1. The molecule has 138 valence electrons. The van der Waals surface area contributed by atoms with E-state index in [2.05, 4.69) is 50.7 Å². The van der Waals surface area contributed by atoms with E-state index in [4.69, 9.17) is 9.47 Å². The largest absolute Gasteiger partial charge is 0.488 e. The van der Waals surface area contributed by atoms with Crippen LogP contribution in [0.5, 0.6) is 11.5 Å². The van der Waals surface area contributed by atoms with Crippen LogP contribution in [0.15, 0.2) is 37.4 Å². The van der Waals surface area contributed by atoms with E-state index in [9.17, 15) is 0 Å². The highest BCUT2D eigenvalue weighted by atomic mass is 16.5. The Bertz CT molecular complexity index is 635. The van der Waals surface area contributed by atoms with Crippen LogP contribution in [0.1, 0.15) is 63.5 Å². The molecule has 1 aromatic rings. The fraction of sp³-hybridized carbons (Fsp3) is 0.417. The molecule has 0 saturated heterocycles. The van der Waals surface area contributed by atoms with E-state index in [0.717, 1.165) is 49.7 Å². The van der Waals surface area contributed by atoms with Crippen LogP contribution in [0.2, 0.25) is 0 Å². The van der Waals surface area contributed by atoms with Crippen LogP contribution in [-0.4, -0.2) is 13.2 Å². The van der Waals surface area contributed by atoms with Gasteiger partial charge in [-0.15, -0.1) is 0 Å². The molecule has 0 aromatic heterocycles. The topological polar surface area (TPSA) is 18.5 Å². The van der Waals surface area contributed by atoms with Gasteiger partial charge in [0.05, 0.1) is 11.1 Å². The van der Waals surface area contributed by atoms with E-state index in [-0.39, 0.29) is 0 Å². The third kappa shape index (κ3) is 8.00. The fourth-order valence-electron chi connectivity index (χ4n) is 2.14. The Kier molecular flexibility index (Phi) is 11.3. The molecule has 0 radical (unpaired) electrons. The zero-order valence-corrected chi connectivity index (χ0v) is 16.2. The number of hydrogen-bond donors (Lipinski definition) is 0. The molecular formula is C24H30O2. The quantitative estimate of drug-likeness (QED) is 0.297. The van der Waals surface area contributed by atoms with Gasteiger partial charge in [-0.3, -0.25) is 0 Å². The molecule has 0 bridgehead atoms. The molecule has 0 spiro atoms. The fourth-order valence-corrected chi connectivity index (χ4v) is 2.14. The molecule has 0 atom stereocenters. The van der Waals surface area contributed by atoms with Gasteiger partial charge in [0.1, 0.15) is 24.7 Å². The van der Waals surface area contributed by atoms with Gasteiger partial charge in [0, 0.05) is 18.9 Å². The van der Waals surface area contributed by atoms with E-state index >= 15 is 0 Å². The summed E-state index contributed by atoms with van der Waals surface area (Å²) in [6, 6.07) is 3.84. The summed E-state index contributed by atoms with van der Waals surface area (Å²) in [4.78, 5) is 0. The van der Waals surface area contributed by atoms with E-state index in [0.29, 0.717) is 24.7 Å². The lowest BCUT2D eigenvalue weighted by molar-refractivity contribution is 0.343. The Morgan fingerprint density at radius 1 is 0.808 bits per heavy atom. The Hall–Kier alpha value is -2.58. The molecule has 0 amide bonds. The molecule has 0 fully saturated rings. The average Bonchev–Trinajstić information content (AvgIpc) is 2.66. The molecule has 0 aliphatic rings. The molecule has 26 heavy (non-hydrogen) atoms. The van der Waals surface area contributed by atoms with E-state index in [1.165, 1.54) is 0 Å². The molecule has 0 aliphatic carbocycles. The maximum Gasteiger partial charge on any atom is 0.139 e. The van der Waals surface area contributed by atoms with Gasteiger partial charge in [0.25, 0.3) is 0 Å². The highest BCUT2D eigenvalue weighted by molar-refractivity contribution is 5.58. The summed E-state index contributed by atoms with van der Waals surface area (Å²) < 4.78 is 11.6. The lowest BCUT2D eigenvalue weighted by Crippen LogP contribution is -2.00. The number of ether oxygens (including phenoxy) is 2. The Morgan fingerprint density at radius 2 is 1.27 bits per heavy atom. The van der Waals surface area contributed by atoms with E-state index in [1.54, 1.807) is 12.2 Å². The molecule has 2 nitrogen and oxygen atoms in total. The molecule has 0 N–H and O–H groups in total. The summed E-state index contributed by atoms with van der Waals surface area (Å²) in [5, 5.41) is 0. The van der Waals surface area contributed by atoms with Gasteiger partial charge in [-0.05, 0) is 18.9 Å². The van der Waals surface area contributed by atoms with Crippen molar-refractivity contribution in [2.45, 2.75) is 52.4 Å². The molecule has 0 saturated carbocycles. The van der Waals surface area contributed by atoms with Gasteiger partial charge in [-0.25, -0.2) is 0 Å². The lowest BCUT2D eigenvalue weighted by Gasteiger charge is -2.12. The van der Waals surface area contributed by atoms with Crippen molar-refractivity contribution in [3.05, 3.63) is 48.6 Å². The summed E-state index contributed by atoms with van der Waals surface area (Å²) in [7, 11) is 0. The second-order valence-electron chi connectivity index (χ2n) is 5.85. The van der Waals surface area contributed by atoms with Gasteiger partial charge in [-0.1, -0.05) is 75.7 Å². The second kappa shape index (κ2) is 13.7. The number of benzene rings is 1. The molecular weight excluding hydrogens is 320 g/mol. The third-order valence-corrected chi connectivity index (χ3v) is 3.55. The molecule has 1 rings (SSSR count). The predicted molar refractivity (Wildman–Crippen MR) is 111 cm³/mol. The van der Waals surface area contributed by atoms with Gasteiger partial charge in [-0.2, -0.15) is 0 Å². The minimum atomic E-state index is 0.423. The minimum Gasteiger partial charge on any atom is -0.488 e. The van der Waals surface area contributed by atoms with E-state index in [1.807, 2.05) is 12.1 Å². The Morgan fingerprint density at radius 3 is 1.65 bits per heavy atom. The summed E-state index contributed by atoms with van der Waals surface area (Å²) in [6.07, 6.45) is 9.66. The van der Waals surface area contributed by atoms with Crippen LogP contribution < -0.4 is 9.47 Å². The first kappa shape index (κ1) is 21.5.